The van der Waals surface area contributed by atoms with Crippen molar-refractivity contribution < 1.29 is 18.7 Å². The molecule has 3 N–H and O–H groups in total. The van der Waals surface area contributed by atoms with Crippen LogP contribution in [0.25, 0.3) is 0 Å². The van der Waals surface area contributed by atoms with Crippen LogP contribution in [0.5, 0.6) is 5.88 Å². The average Bonchev–Trinajstić information content (AvgIpc) is 2.35. The Balaban J connectivity index is 2.93. The van der Waals surface area contributed by atoms with Crippen molar-refractivity contribution in [2.75, 3.05) is 7.11 Å². The van der Waals surface area contributed by atoms with E-state index in [1.165, 1.54) is 7.11 Å². The van der Waals surface area contributed by atoms with Crippen LogP contribution >= 0.6 is 0 Å². The van der Waals surface area contributed by atoms with E-state index in [1.807, 2.05) is 0 Å². The molecule has 0 fully saturated rings. The molecule has 1 atom stereocenters. The molecule has 0 bridgehead atoms. The van der Waals surface area contributed by atoms with Crippen molar-refractivity contribution in [3.8, 4) is 5.88 Å². The van der Waals surface area contributed by atoms with Gasteiger partial charge in [-0.25, -0.2) is 9.37 Å². The molecular formula is C11H14FN3O3. The maximum absolute atomic E-state index is 13.4. The fraction of sp³-hybridized carbons (Fsp3) is 0.364. The van der Waals surface area contributed by atoms with Gasteiger partial charge in [0.05, 0.1) is 18.9 Å². The zero-order valence-corrected chi connectivity index (χ0v) is 10.1. The van der Waals surface area contributed by atoms with E-state index in [1.54, 1.807) is 6.92 Å². The van der Waals surface area contributed by atoms with Gasteiger partial charge in [-0.2, -0.15) is 0 Å². The molecule has 18 heavy (non-hydrogen) atoms. The van der Waals surface area contributed by atoms with Gasteiger partial charge in [0.2, 0.25) is 11.8 Å². The van der Waals surface area contributed by atoms with Crippen LogP contribution in [0, 0.1) is 5.82 Å². The van der Waals surface area contributed by atoms with E-state index in [-0.39, 0.29) is 11.4 Å². The molecule has 2 amide bonds. The van der Waals surface area contributed by atoms with Crippen LogP contribution in [-0.4, -0.2) is 29.9 Å². The monoisotopic (exact) mass is 255 g/mol. The van der Waals surface area contributed by atoms with E-state index in [2.05, 4.69) is 10.3 Å². The van der Waals surface area contributed by atoms with Gasteiger partial charge < -0.3 is 15.8 Å². The molecule has 0 saturated heterocycles. The summed E-state index contributed by atoms with van der Waals surface area (Å²) >= 11 is 0. The van der Waals surface area contributed by atoms with E-state index >= 15 is 0 Å². The number of hydrogen-bond acceptors (Lipinski definition) is 4. The molecule has 0 saturated carbocycles. The number of aromatic nitrogens is 1. The highest BCUT2D eigenvalue weighted by Gasteiger charge is 2.20. The summed E-state index contributed by atoms with van der Waals surface area (Å²) in [5, 5.41) is 2.34. The van der Waals surface area contributed by atoms with Gasteiger partial charge in [-0.3, -0.25) is 9.59 Å². The van der Waals surface area contributed by atoms with Crippen LogP contribution in [0.1, 0.15) is 23.7 Å². The Kier molecular flexibility index (Phi) is 4.59. The van der Waals surface area contributed by atoms with E-state index in [0.29, 0.717) is 6.42 Å². The second-order valence-electron chi connectivity index (χ2n) is 3.54. The van der Waals surface area contributed by atoms with Crippen LogP contribution in [0.4, 0.5) is 4.39 Å². The summed E-state index contributed by atoms with van der Waals surface area (Å²) in [4.78, 5) is 26.4. The molecule has 1 heterocycles. The quantitative estimate of drug-likeness (QED) is 0.787. The van der Waals surface area contributed by atoms with Crippen LogP contribution in [0.15, 0.2) is 12.3 Å². The van der Waals surface area contributed by atoms with Gasteiger partial charge in [-0.1, -0.05) is 6.92 Å². The summed E-state index contributed by atoms with van der Waals surface area (Å²) in [7, 11) is 1.35. The Hall–Kier alpha value is -2.18. The first-order valence-electron chi connectivity index (χ1n) is 5.29. The molecule has 0 aliphatic rings. The molecule has 1 aromatic heterocycles. The molecule has 0 aliphatic carbocycles. The Morgan fingerprint density at radius 1 is 1.61 bits per heavy atom. The van der Waals surface area contributed by atoms with Gasteiger partial charge >= 0.3 is 0 Å². The minimum atomic E-state index is -0.837. The lowest BCUT2D eigenvalue weighted by molar-refractivity contribution is -0.119. The van der Waals surface area contributed by atoms with Crippen LogP contribution in [0.3, 0.4) is 0 Å². The normalized spacial score (nSPS) is 11.7. The minimum Gasteiger partial charge on any atom is -0.481 e. The number of pyridine rings is 1. The number of nitrogens with two attached hydrogens (primary N) is 1. The second kappa shape index (κ2) is 5.95. The summed E-state index contributed by atoms with van der Waals surface area (Å²) in [6, 6.07) is 0.314. The zero-order valence-electron chi connectivity index (χ0n) is 10.1. The van der Waals surface area contributed by atoms with Crippen molar-refractivity contribution in [1.82, 2.24) is 10.3 Å². The van der Waals surface area contributed by atoms with E-state index in [0.717, 1.165) is 12.3 Å². The molecule has 1 rings (SSSR count). The number of nitrogens with one attached hydrogen (secondary N) is 1. The summed E-state index contributed by atoms with van der Waals surface area (Å²) < 4.78 is 18.2. The highest BCUT2D eigenvalue weighted by Crippen LogP contribution is 2.13. The number of halogens is 1. The third-order valence-electron chi connectivity index (χ3n) is 2.34. The molecule has 0 aromatic carbocycles. The largest absolute Gasteiger partial charge is 0.481 e. The van der Waals surface area contributed by atoms with Crippen LogP contribution in [0.2, 0.25) is 0 Å². The fourth-order valence-corrected chi connectivity index (χ4v) is 1.32. The van der Waals surface area contributed by atoms with Crippen molar-refractivity contribution in [2.24, 2.45) is 5.73 Å². The maximum Gasteiger partial charge on any atom is 0.255 e. The van der Waals surface area contributed by atoms with Gasteiger partial charge in [-0.05, 0) is 6.42 Å². The number of rotatable bonds is 5. The highest BCUT2D eigenvalue weighted by atomic mass is 19.1. The Labute approximate surface area is 103 Å². The number of ether oxygens (including phenoxy) is 1. The molecule has 0 unspecified atom stereocenters. The van der Waals surface area contributed by atoms with Crippen molar-refractivity contribution in [2.45, 2.75) is 19.4 Å². The van der Waals surface area contributed by atoms with E-state index in [9.17, 15) is 14.0 Å². The first kappa shape index (κ1) is 13.9. The lowest BCUT2D eigenvalue weighted by Crippen LogP contribution is -2.44. The minimum absolute atomic E-state index is 0.105. The molecule has 1 aromatic rings. The van der Waals surface area contributed by atoms with Crippen LogP contribution in [-0.2, 0) is 4.79 Å². The zero-order chi connectivity index (χ0) is 13.7. The smallest absolute Gasteiger partial charge is 0.255 e. The standard InChI is InChI=1S/C11H14FN3O3/c1-3-8(10(13)16)15-11(17)6-4-9(18-2)14-5-7(6)12/h4-5,8H,3H2,1-2H3,(H2,13,16)(H,15,17)/t8-/m1/s1. The summed E-state index contributed by atoms with van der Waals surface area (Å²) in [5.74, 6) is -2.10. The van der Waals surface area contributed by atoms with E-state index < -0.39 is 23.7 Å². The number of primary amides is 1. The topological polar surface area (TPSA) is 94.3 Å². The molecule has 0 spiro atoms. The Morgan fingerprint density at radius 3 is 2.78 bits per heavy atom. The molecule has 6 nitrogen and oxygen atoms in total. The van der Waals surface area contributed by atoms with Crippen molar-refractivity contribution in [3.63, 3.8) is 0 Å². The number of methoxy groups -OCH3 is 1. The first-order chi connectivity index (χ1) is 8.49. The van der Waals surface area contributed by atoms with Gasteiger partial charge in [0.25, 0.3) is 5.91 Å². The van der Waals surface area contributed by atoms with Crippen molar-refractivity contribution in [3.05, 3.63) is 23.6 Å². The fourth-order valence-electron chi connectivity index (χ4n) is 1.32. The van der Waals surface area contributed by atoms with Gasteiger partial charge in [0.15, 0.2) is 5.82 Å². The predicted molar refractivity (Wildman–Crippen MR) is 61.5 cm³/mol. The first-order valence-corrected chi connectivity index (χ1v) is 5.29. The van der Waals surface area contributed by atoms with Gasteiger partial charge in [0, 0.05) is 6.07 Å². The molecule has 7 heteroatoms. The highest BCUT2D eigenvalue weighted by molar-refractivity contribution is 5.97. The molecular weight excluding hydrogens is 241 g/mol. The number of amides is 2. The third-order valence-corrected chi connectivity index (χ3v) is 2.34. The number of hydrogen-bond donors (Lipinski definition) is 2. The van der Waals surface area contributed by atoms with Gasteiger partial charge in [0.1, 0.15) is 6.04 Å². The van der Waals surface area contributed by atoms with Crippen molar-refractivity contribution in [1.29, 1.82) is 0 Å². The van der Waals surface area contributed by atoms with E-state index in [4.69, 9.17) is 10.5 Å². The average molecular weight is 255 g/mol. The maximum atomic E-state index is 13.4. The van der Waals surface area contributed by atoms with Crippen LogP contribution < -0.4 is 15.8 Å². The molecule has 0 radical (unpaired) electrons. The van der Waals surface area contributed by atoms with Crippen molar-refractivity contribution >= 4 is 11.8 Å². The second-order valence-corrected chi connectivity index (χ2v) is 3.54. The SMILES string of the molecule is CC[C@@H](NC(=O)c1cc(OC)ncc1F)C(N)=O. The lowest BCUT2D eigenvalue weighted by atomic mass is 10.2. The Bertz CT molecular complexity index is 465. The molecule has 98 valence electrons. The lowest BCUT2D eigenvalue weighted by Gasteiger charge is -2.13. The summed E-state index contributed by atoms with van der Waals surface area (Å²) in [5.41, 5.74) is 4.83. The molecule has 0 aliphatic heterocycles. The third kappa shape index (κ3) is 3.16. The number of nitrogens with zero attached hydrogens (tertiary/aromatic N) is 1. The summed E-state index contributed by atoms with van der Waals surface area (Å²) in [6.07, 6.45) is 1.20. The number of carbonyl (C=O) groups excluding carboxylic acids is 2. The number of carbonyl (C=O) groups is 2. The predicted octanol–water partition coefficient (Wildman–Crippen LogP) is 0.223. The Morgan fingerprint density at radius 2 is 2.28 bits per heavy atom. The summed E-state index contributed by atoms with van der Waals surface area (Å²) in [6.45, 7) is 1.68. The van der Waals surface area contributed by atoms with Gasteiger partial charge in [-0.15, -0.1) is 0 Å².